The molecular weight excluding hydrogens is 284 g/mol. The number of hydrogen-bond acceptors (Lipinski definition) is 2. The molecule has 2 nitrogen and oxygen atoms in total. The minimum Gasteiger partial charge on any atom is -0.393 e. The maximum Gasteiger partial charge on any atom is 0.0649 e. The van der Waals surface area contributed by atoms with Crippen LogP contribution in [0.4, 0.5) is 0 Å². The summed E-state index contributed by atoms with van der Waals surface area (Å²) < 4.78 is 0. The van der Waals surface area contributed by atoms with E-state index >= 15 is 0 Å². The predicted molar refractivity (Wildman–Crippen MR) is 99.1 cm³/mol. The monoisotopic (exact) mass is 316 g/mol. The minimum atomic E-state index is -0.809. The van der Waals surface area contributed by atoms with Crippen molar-refractivity contribution in [1.29, 1.82) is 0 Å². The van der Waals surface area contributed by atoms with Crippen LogP contribution in [0.25, 0.3) is 6.08 Å². The molecule has 0 saturated heterocycles. The third-order valence-electron chi connectivity index (χ3n) is 3.89. The van der Waals surface area contributed by atoms with Crippen LogP contribution in [0.15, 0.2) is 48.6 Å². The van der Waals surface area contributed by atoms with Gasteiger partial charge in [-0.15, -0.1) is 0 Å². The quantitative estimate of drug-likeness (QED) is 0.641. The lowest BCUT2D eigenvalue weighted by Crippen LogP contribution is -2.30. The van der Waals surface area contributed by atoms with Crippen molar-refractivity contribution in [3.63, 3.8) is 0 Å². The first kappa shape index (κ1) is 19.7. The van der Waals surface area contributed by atoms with Crippen molar-refractivity contribution in [1.82, 2.24) is 0 Å². The molecule has 0 fully saturated rings. The second kappa shape index (κ2) is 9.69. The number of aliphatic hydroxyl groups excluding tert-OH is 1. The molecule has 0 spiro atoms. The van der Waals surface area contributed by atoms with E-state index in [0.29, 0.717) is 24.7 Å². The number of allylic oxidation sites excluding steroid dienone is 3. The van der Waals surface area contributed by atoms with Crippen molar-refractivity contribution in [2.75, 3.05) is 0 Å². The van der Waals surface area contributed by atoms with Crippen LogP contribution in [-0.4, -0.2) is 21.9 Å². The first-order chi connectivity index (χ1) is 10.8. The van der Waals surface area contributed by atoms with E-state index in [-0.39, 0.29) is 0 Å². The largest absolute Gasteiger partial charge is 0.393 e. The van der Waals surface area contributed by atoms with Gasteiger partial charge in [0, 0.05) is 6.42 Å². The summed E-state index contributed by atoms with van der Waals surface area (Å²) in [6.45, 7) is 7.83. The molecular formula is C21H32O2. The molecule has 0 radical (unpaired) electrons. The smallest absolute Gasteiger partial charge is 0.0649 e. The topological polar surface area (TPSA) is 40.5 Å². The molecule has 0 aliphatic rings. The average Bonchev–Trinajstić information content (AvgIpc) is 2.44. The SMILES string of the molecule is C[C@H](O)C[C@](C)(O)C[C@@H](C)/C=C/C[C@H](C)/C=C/c1ccccc1. The van der Waals surface area contributed by atoms with Gasteiger partial charge in [-0.25, -0.2) is 0 Å². The fraction of sp³-hybridized carbons (Fsp3) is 0.524. The van der Waals surface area contributed by atoms with Crippen molar-refractivity contribution in [2.24, 2.45) is 11.8 Å². The van der Waals surface area contributed by atoms with Crippen molar-refractivity contribution < 1.29 is 10.2 Å². The van der Waals surface area contributed by atoms with Crippen molar-refractivity contribution in [3.8, 4) is 0 Å². The Balaban J connectivity index is 2.38. The maximum atomic E-state index is 10.3. The van der Waals surface area contributed by atoms with E-state index in [4.69, 9.17) is 0 Å². The zero-order valence-corrected chi connectivity index (χ0v) is 14.9. The molecule has 0 saturated carbocycles. The molecule has 1 rings (SSSR count). The maximum absolute atomic E-state index is 10.3. The van der Waals surface area contributed by atoms with E-state index in [9.17, 15) is 10.2 Å². The number of hydrogen-bond donors (Lipinski definition) is 2. The highest BCUT2D eigenvalue weighted by Gasteiger charge is 2.24. The van der Waals surface area contributed by atoms with Gasteiger partial charge in [0.05, 0.1) is 11.7 Å². The van der Waals surface area contributed by atoms with Crippen LogP contribution in [0, 0.1) is 11.8 Å². The van der Waals surface area contributed by atoms with Crippen LogP contribution in [0.5, 0.6) is 0 Å². The van der Waals surface area contributed by atoms with E-state index in [1.165, 1.54) is 5.56 Å². The Morgan fingerprint density at radius 3 is 2.26 bits per heavy atom. The van der Waals surface area contributed by atoms with Crippen LogP contribution in [0.2, 0.25) is 0 Å². The summed E-state index contributed by atoms with van der Waals surface area (Å²) >= 11 is 0. The van der Waals surface area contributed by atoms with Gasteiger partial charge in [-0.3, -0.25) is 0 Å². The van der Waals surface area contributed by atoms with Crippen LogP contribution in [0.3, 0.4) is 0 Å². The fourth-order valence-electron chi connectivity index (χ4n) is 2.93. The number of aliphatic hydroxyl groups is 2. The Kier molecular flexibility index (Phi) is 8.29. The molecule has 0 aliphatic carbocycles. The normalized spacial score (nSPS) is 18.9. The van der Waals surface area contributed by atoms with Crippen LogP contribution >= 0.6 is 0 Å². The Bertz CT molecular complexity index is 486. The summed E-state index contributed by atoms with van der Waals surface area (Å²) in [5.74, 6) is 0.783. The third-order valence-corrected chi connectivity index (χ3v) is 3.89. The van der Waals surface area contributed by atoms with E-state index < -0.39 is 11.7 Å². The summed E-state index contributed by atoms with van der Waals surface area (Å²) in [6.07, 6.45) is 10.4. The molecule has 0 aliphatic heterocycles. The molecule has 1 aromatic rings. The van der Waals surface area contributed by atoms with Crippen molar-refractivity contribution in [3.05, 3.63) is 54.1 Å². The van der Waals surface area contributed by atoms with Gasteiger partial charge in [-0.2, -0.15) is 0 Å². The lowest BCUT2D eigenvalue weighted by atomic mass is 9.88. The zero-order valence-electron chi connectivity index (χ0n) is 14.9. The number of benzene rings is 1. The summed E-state index contributed by atoms with van der Waals surface area (Å²) in [7, 11) is 0. The first-order valence-electron chi connectivity index (χ1n) is 8.59. The second-order valence-electron chi connectivity index (χ2n) is 7.14. The molecule has 1 aromatic carbocycles. The minimum absolute atomic E-state index is 0.300. The molecule has 0 bridgehead atoms. The Hall–Kier alpha value is -1.38. The van der Waals surface area contributed by atoms with Crippen molar-refractivity contribution >= 4 is 6.08 Å². The highest BCUT2D eigenvalue weighted by Crippen LogP contribution is 2.23. The van der Waals surface area contributed by atoms with E-state index in [2.05, 4.69) is 50.3 Å². The molecule has 2 heteroatoms. The molecule has 0 amide bonds. The second-order valence-corrected chi connectivity index (χ2v) is 7.14. The van der Waals surface area contributed by atoms with E-state index in [1.807, 2.05) is 18.2 Å². The highest BCUT2D eigenvalue weighted by atomic mass is 16.3. The highest BCUT2D eigenvalue weighted by molar-refractivity contribution is 5.48. The van der Waals surface area contributed by atoms with Gasteiger partial charge in [-0.05, 0) is 44.1 Å². The lowest BCUT2D eigenvalue weighted by Gasteiger charge is -2.26. The van der Waals surface area contributed by atoms with Gasteiger partial charge in [0.1, 0.15) is 0 Å². The van der Waals surface area contributed by atoms with Crippen molar-refractivity contribution in [2.45, 2.75) is 58.7 Å². The fourth-order valence-corrected chi connectivity index (χ4v) is 2.93. The molecule has 128 valence electrons. The zero-order chi connectivity index (χ0) is 17.3. The summed E-state index contributed by atoms with van der Waals surface area (Å²) in [4.78, 5) is 0. The Labute approximate surface area is 141 Å². The first-order valence-corrected chi connectivity index (χ1v) is 8.59. The van der Waals surface area contributed by atoms with Gasteiger partial charge < -0.3 is 10.2 Å². The third kappa shape index (κ3) is 9.37. The molecule has 23 heavy (non-hydrogen) atoms. The molecule has 2 N–H and O–H groups in total. The summed E-state index contributed by atoms with van der Waals surface area (Å²) in [5, 5.41) is 19.7. The predicted octanol–water partition coefficient (Wildman–Crippen LogP) is 4.83. The van der Waals surface area contributed by atoms with E-state index in [0.717, 1.165) is 6.42 Å². The van der Waals surface area contributed by atoms with Crippen LogP contribution < -0.4 is 0 Å². The number of rotatable bonds is 9. The van der Waals surface area contributed by atoms with Crippen LogP contribution in [-0.2, 0) is 0 Å². The van der Waals surface area contributed by atoms with E-state index in [1.54, 1.807) is 13.8 Å². The van der Waals surface area contributed by atoms with Crippen LogP contribution in [0.1, 0.15) is 52.5 Å². The van der Waals surface area contributed by atoms with Gasteiger partial charge >= 0.3 is 0 Å². The Morgan fingerprint density at radius 2 is 1.65 bits per heavy atom. The summed E-state index contributed by atoms with van der Waals surface area (Å²) in [5.41, 5.74) is 0.419. The Morgan fingerprint density at radius 1 is 1.00 bits per heavy atom. The summed E-state index contributed by atoms with van der Waals surface area (Å²) in [6, 6.07) is 10.3. The molecule has 0 heterocycles. The van der Waals surface area contributed by atoms with Gasteiger partial charge in [0.25, 0.3) is 0 Å². The standard InChI is InChI=1S/C21H32O2/c1-17(13-14-20-11-6-5-7-12-20)9-8-10-18(2)15-21(4,23)16-19(3)22/h5-8,10-14,17-19,22-23H,9,15-16H2,1-4H3/b10-8+,14-13+/t17-,18-,19-,21+/m0/s1. The van der Waals surface area contributed by atoms with Gasteiger partial charge in [-0.1, -0.05) is 68.5 Å². The molecule has 0 unspecified atom stereocenters. The van der Waals surface area contributed by atoms with Gasteiger partial charge in [0.2, 0.25) is 0 Å². The van der Waals surface area contributed by atoms with Gasteiger partial charge in [0.15, 0.2) is 0 Å². The molecule has 0 aromatic heterocycles. The lowest BCUT2D eigenvalue weighted by molar-refractivity contribution is -0.00383. The molecule has 4 atom stereocenters. The average molecular weight is 316 g/mol.